The Bertz CT molecular complexity index is 715. The molecule has 2 fully saturated rings. The number of aromatic hydroxyl groups is 1. The smallest absolute Gasteiger partial charge is 0.140 e. The molecule has 1 saturated carbocycles. The lowest BCUT2D eigenvalue weighted by Crippen LogP contribution is -2.53. The number of nitriles is 1. The summed E-state index contributed by atoms with van der Waals surface area (Å²) < 4.78 is 11.0. The lowest BCUT2D eigenvalue weighted by atomic mass is 9.79. The Kier molecular flexibility index (Phi) is 7.39. The van der Waals surface area contributed by atoms with Crippen molar-refractivity contribution in [3.63, 3.8) is 0 Å². The highest BCUT2D eigenvalue weighted by Gasteiger charge is 2.38. The number of hydrogen-bond donors (Lipinski definition) is 2. The molecule has 6 nitrogen and oxygen atoms in total. The first-order chi connectivity index (χ1) is 13.9. The Morgan fingerprint density at radius 1 is 1.21 bits per heavy atom. The number of likely N-dealkylation sites (tertiary alicyclic amines) is 1. The van der Waals surface area contributed by atoms with Gasteiger partial charge in [0, 0.05) is 37.8 Å². The van der Waals surface area contributed by atoms with Crippen molar-refractivity contribution in [2.24, 2.45) is 0 Å². The number of anilines is 1. The van der Waals surface area contributed by atoms with Gasteiger partial charge in [-0.25, -0.2) is 0 Å². The number of benzene rings is 1. The van der Waals surface area contributed by atoms with Crippen molar-refractivity contribution in [2.45, 2.75) is 70.1 Å². The monoisotopic (exact) mass is 401 g/mol. The van der Waals surface area contributed by atoms with Crippen LogP contribution in [-0.2, 0) is 9.47 Å². The van der Waals surface area contributed by atoms with E-state index in [0.717, 1.165) is 50.0 Å². The van der Waals surface area contributed by atoms with Crippen LogP contribution in [0.1, 0.15) is 56.6 Å². The first kappa shape index (κ1) is 21.9. The zero-order chi connectivity index (χ0) is 20.9. The van der Waals surface area contributed by atoms with Crippen LogP contribution in [0.3, 0.4) is 0 Å². The Morgan fingerprint density at radius 3 is 2.52 bits per heavy atom. The van der Waals surface area contributed by atoms with Gasteiger partial charge in [0.2, 0.25) is 0 Å². The van der Waals surface area contributed by atoms with E-state index in [-0.39, 0.29) is 11.3 Å². The fourth-order valence-corrected chi connectivity index (χ4v) is 4.71. The van der Waals surface area contributed by atoms with Crippen molar-refractivity contribution < 1.29 is 14.6 Å². The van der Waals surface area contributed by atoms with Crippen LogP contribution in [0.4, 0.5) is 5.69 Å². The van der Waals surface area contributed by atoms with Crippen LogP contribution in [-0.4, -0.2) is 61.1 Å². The molecule has 1 saturated heterocycles. The van der Waals surface area contributed by atoms with Gasteiger partial charge in [0.15, 0.2) is 0 Å². The van der Waals surface area contributed by atoms with Gasteiger partial charge in [0.1, 0.15) is 5.75 Å². The average molecular weight is 402 g/mol. The largest absolute Gasteiger partial charge is 0.506 e. The van der Waals surface area contributed by atoms with E-state index in [9.17, 15) is 5.11 Å². The molecule has 0 spiro atoms. The number of rotatable bonds is 7. The maximum Gasteiger partial charge on any atom is 0.140 e. The molecule has 1 aromatic carbocycles. The molecule has 1 heterocycles. The van der Waals surface area contributed by atoms with Gasteiger partial charge < -0.3 is 19.9 Å². The van der Waals surface area contributed by atoms with Gasteiger partial charge in [-0.05, 0) is 64.0 Å². The summed E-state index contributed by atoms with van der Waals surface area (Å²) in [5.74, 6) is 0.160. The van der Waals surface area contributed by atoms with E-state index >= 15 is 0 Å². The summed E-state index contributed by atoms with van der Waals surface area (Å²) in [6.45, 7) is 7.81. The van der Waals surface area contributed by atoms with Crippen LogP contribution in [0.15, 0.2) is 12.1 Å². The maximum absolute atomic E-state index is 10.2. The molecule has 0 radical (unpaired) electrons. The second-order valence-electron chi connectivity index (χ2n) is 8.76. The third kappa shape index (κ3) is 5.42. The van der Waals surface area contributed by atoms with Crippen LogP contribution < -0.4 is 5.32 Å². The van der Waals surface area contributed by atoms with E-state index in [4.69, 9.17) is 14.7 Å². The molecule has 1 aromatic rings. The van der Waals surface area contributed by atoms with Crippen LogP contribution in [0.2, 0.25) is 0 Å². The highest BCUT2D eigenvalue weighted by molar-refractivity contribution is 5.62. The number of nitrogens with zero attached hydrogens (tertiary/aromatic N) is 2. The molecule has 0 atom stereocenters. The zero-order valence-electron chi connectivity index (χ0n) is 18.0. The Balaban J connectivity index is 1.48. The number of piperidine rings is 1. The highest BCUT2D eigenvalue weighted by Crippen LogP contribution is 2.37. The Morgan fingerprint density at radius 2 is 1.90 bits per heavy atom. The molecular weight excluding hydrogens is 366 g/mol. The molecular formula is C23H35N3O3. The molecule has 2 aliphatic rings. The van der Waals surface area contributed by atoms with Crippen molar-refractivity contribution in [1.29, 1.82) is 5.26 Å². The zero-order valence-corrected chi connectivity index (χ0v) is 18.0. The highest BCUT2D eigenvalue weighted by atomic mass is 16.5. The first-order valence-electron chi connectivity index (χ1n) is 10.8. The summed E-state index contributed by atoms with van der Waals surface area (Å²) >= 11 is 0. The standard InChI is InChI=1S/C23H35N3O3/c1-17-14-21(22(27)15-18(17)16-24)25-19-6-10-26(11-7-19)23(2)8-4-20(5-9-23)29-13-12-28-3/h14-15,19-20,25,27H,4-13H2,1-3H3. The van der Waals surface area contributed by atoms with E-state index in [2.05, 4.69) is 23.2 Å². The minimum absolute atomic E-state index is 0.160. The minimum Gasteiger partial charge on any atom is -0.506 e. The molecule has 6 heteroatoms. The quantitative estimate of drug-likeness (QED) is 0.534. The second-order valence-corrected chi connectivity index (χ2v) is 8.76. The van der Waals surface area contributed by atoms with Crippen LogP contribution in [0.5, 0.6) is 5.75 Å². The van der Waals surface area contributed by atoms with Crippen molar-refractivity contribution in [2.75, 3.05) is 38.7 Å². The molecule has 1 aliphatic heterocycles. The fourth-order valence-electron chi connectivity index (χ4n) is 4.71. The molecule has 2 N–H and O–H groups in total. The van der Waals surface area contributed by atoms with Crippen molar-refractivity contribution in [3.8, 4) is 11.8 Å². The molecule has 29 heavy (non-hydrogen) atoms. The summed E-state index contributed by atoms with van der Waals surface area (Å²) in [5, 5.41) is 22.8. The molecule has 3 rings (SSSR count). The van der Waals surface area contributed by atoms with Crippen LogP contribution in [0.25, 0.3) is 0 Å². The fraction of sp³-hybridized carbons (Fsp3) is 0.696. The number of nitrogens with one attached hydrogen (secondary N) is 1. The van der Waals surface area contributed by atoms with Gasteiger partial charge in [0.05, 0.1) is 36.6 Å². The summed E-state index contributed by atoms with van der Waals surface area (Å²) in [7, 11) is 1.71. The lowest BCUT2D eigenvalue weighted by molar-refractivity contribution is -0.0398. The SMILES string of the molecule is COCCOC1CCC(C)(N2CCC(Nc3cc(C)c(C#N)cc3O)CC2)CC1. The number of aryl methyl sites for hydroxylation is 1. The van der Waals surface area contributed by atoms with E-state index < -0.39 is 0 Å². The lowest BCUT2D eigenvalue weighted by Gasteiger charge is -2.48. The molecule has 0 amide bonds. The normalized spacial score (nSPS) is 26.2. The van der Waals surface area contributed by atoms with E-state index in [1.165, 1.54) is 12.8 Å². The Hall–Kier alpha value is -1.81. The summed E-state index contributed by atoms with van der Waals surface area (Å²) in [6.07, 6.45) is 7.09. The summed E-state index contributed by atoms with van der Waals surface area (Å²) in [4.78, 5) is 2.65. The van der Waals surface area contributed by atoms with E-state index in [0.29, 0.717) is 30.9 Å². The van der Waals surface area contributed by atoms with Gasteiger partial charge in [-0.3, -0.25) is 4.90 Å². The summed E-state index contributed by atoms with van der Waals surface area (Å²) in [6, 6.07) is 5.91. The van der Waals surface area contributed by atoms with Crippen molar-refractivity contribution in [1.82, 2.24) is 4.90 Å². The topological polar surface area (TPSA) is 77.8 Å². The van der Waals surface area contributed by atoms with Gasteiger partial charge in [-0.2, -0.15) is 5.26 Å². The molecule has 1 aliphatic carbocycles. The molecule has 0 unspecified atom stereocenters. The summed E-state index contributed by atoms with van der Waals surface area (Å²) in [5.41, 5.74) is 2.42. The van der Waals surface area contributed by atoms with Gasteiger partial charge >= 0.3 is 0 Å². The number of ether oxygens (including phenoxy) is 2. The van der Waals surface area contributed by atoms with Crippen molar-refractivity contribution in [3.05, 3.63) is 23.3 Å². The average Bonchev–Trinajstić information content (AvgIpc) is 2.72. The molecule has 0 aromatic heterocycles. The van der Waals surface area contributed by atoms with Gasteiger partial charge in [-0.15, -0.1) is 0 Å². The number of phenolic OH excluding ortho intramolecular Hbond substituents is 1. The van der Waals surface area contributed by atoms with Crippen LogP contribution in [0, 0.1) is 18.3 Å². The third-order valence-electron chi connectivity index (χ3n) is 6.73. The van der Waals surface area contributed by atoms with E-state index in [1.807, 2.05) is 13.0 Å². The second kappa shape index (κ2) is 9.80. The first-order valence-corrected chi connectivity index (χ1v) is 10.8. The van der Waals surface area contributed by atoms with Crippen LogP contribution >= 0.6 is 0 Å². The minimum atomic E-state index is 0.160. The van der Waals surface area contributed by atoms with E-state index in [1.54, 1.807) is 13.2 Å². The van der Waals surface area contributed by atoms with Crippen molar-refractivity contribution >= 4 is 5.69 Å². The predicted octanol–water partition coefficient (Wildman–Crippen LogP) is 3.81. The predicted molar refractivity (Wildman–Crippen MR) is 114 cm³/mol. The third-order valence-corrected chi connectivity index (χ3v) is 6.73. The number of methoxy groups -OCH3 is 1. The van der Waals surface area contributed by atoms with Gasteiger partial charge in [-0.1, -0.05) is 0 Å². The Labute approximate surface area is 174 Å². The maximum atomic E-state index is 10.2. The number of hydrogen-bond acceptors (Lipinski definition) is 6. The number of phenols is 1. The molecule has 0 bridgehead atoms. The van der Waals surface area contributed by atoms with Gasteiger partial charge in [0.25, 0.3) is 0 Å². The molecule has 160 valence electrons.